The number of nitro groups is 2. The first-order chi connectivity index (χ1) is 9.15. The van der Waals surface area contributed by atoms with Crippen molar-refractivity contribution in [3.63, 3.8) is 0 Å². The zero-order valence-corrected chi connectivity index (χ0v) is 10.6. The number of benzene rings is 1. The third-order valence-corrected chi connectivity index (χ3v) is 3.08. The molecule has 0 unspecified atom stereocenters. The summed E-state index contributed by atoms with van der Waals surface area (Å²) in [5.74, 6) is -1.94. The Morgan fingerprint density at radius 1 is 1.30 bits per heavy atom. The van der Waals surface area contributed by atoms with Gasteiger partial charge in [0.25, 0.3) is 5.75 Å². The highest BCUT2D eigenvalue weighted by atomic mass is 16.6. The summed E-state index contributed by atoms with van der Waals surface area (Å²) in [6, 6.07) is 0.830. The van der Waals surface area contributed by atoms with Crippen LogP contribution < -0.4 is 4.74 Å². The third kappa shape index (κ3) is 1.92. The van der Waals surface area contributed by atoms with Gasteiger partial charge in [-0.1, -0.05) is 13.8 Å². The minimum atomic E-state index is -1.04. The molecule has 1 aliphatic heterocycles. The van der Waals surface area contributed by atoms with E-state index in [1.807, 2.05) is 0 Å². The van der Waals surface area contributed by atoms with Crippen molar-refractivity contribution in [2.75, 3.05) is 0 Å². The lowest BCUT2D eigenvalue weighted by molar-refractivity contribution is -0.396. The lowest BCUT2D eigenvalue weighted by atomic mass is 9.78. The van der Waals surface area contributed by atoms with Crippen LogP contribution in [-0.2, 0) is 10.2 Å². The van der Waals surface area contributed by atoms with Gasteiger partial charge < -0.3 is 9.84 Å². The van der Waals surface area contributed by atoms with E-state index in [4.69, 9.17) is 4.74 Å². The van der Waals surface area contributed by atoms with Crippen molar-refractivity contribution in [1.29, 1.82) is 0 Å². The van der Waals surface area contributed by atoms with Crippen LogP contribution in [0.4, 0.5) is 11.4 Å². The van der Waals surface area contributed by atoms with Gasteiger partial charge in [0, 0.05) is 5.41 Å². The van der Waals surface area contributed by atoms with Gasteiger partial charge >= 0.3 is 17.3 Å². The number of ether oxygens (including phenoxy) is 1. The minimum Gasteiger partial charge on any atom is -0.497 e. The molecular formula is C11H10N2O7. The van der Waals surface area contributed by atoms with Crippen LogP contribution in [0.15, 0.2) is 6.07 Å². The van der Waals surface area contributed by atoms with E-state index in [0.717, 1.165) is 6.07 Å². The van der Waals surface area contributed by atoms with Crippen LogP contribution in [0.1, 0.15) is 25.8 Å². The first-order valence-corrected chi connectivity index (χ1v) is 5.55. The Balaban J connectivity index is 2.88. The molecule has 0 aliphatic carbocycles. The van der Waals surface area contributed by atoms with Gasteiger partial charge in [0.15, 0.2) is 0 Å². The smallest absolute Gasteiger partial charge is 0.325 e. The summed E-state index contributed by atoms with van der Waals surface area (Å²) < 4.78 is 4.85. The number of nitrogens with zero attached hydrogens (tertiary/aromatic N) is 2. The van der Waals surface area contributed by atoms with Gasteiger partial charge in [-0.3, -0.25) is 25.0 Å². The van der Waals surface area contributed by atoms with Crippen LogP contribution in [0.5, 0.6) is 11.5 Å². The second-order valence-corrected chi connectivity index (χ2v) is 5.01. The Hall–Kier alpha value is -2.71. The van der Waals surface area contributed by atoms with Gasteiger partial charge in [-0.15, -0.1) is 0 Å². The van der Waals surface area contributed by atoms with Crippen molar-refractivity contribution in [3.05, 3.63) is 31.9 Å². The predicted octanol–water partition coefficient (Wildman–Crippen LogP) is 1.80. The van der Waals surface area contributed by atoms with Crippen LogP contribution in [0.25, 0.3) is 0 Å². The molecule has 0 fully saturated rings. The number of hydrogen-bond acceptors (Lipinski definition) is 7. The monoisotopic (exact) mass is 282 g/mol. The Labute approximate surface area is 112 Å². The molecule has 1 N–H and O–H groups in total. The van der Waals surface area contributed by atoms with E-state index in [1.165, 1.54) is 0 Å². The highest BCUT2D eigenvalue weighted by Gasteiger charge is 2.44. The largest absolute Gasteiger partial charge is 0.497 e. The van der Waals surface area contributed by atoms with Crippen molar-refractivity contribution < 1.29 is 24.5 Å². The summed E-state index contributed by atoms with van der Waals surface area (Å²) in [5, 5.41) is 31.7. The van der Waals surface area contributed by atoms with Gasteiger partial charge in [0.05, 0.1) is 27.9 Å². The van der Waals surface area contributed by atoms with Crippen molar-refractivity contribution in [1.82, 2.24) is 0 Å². The molecule has 0 radical (unpaired) electrons. The maximum absolute atomic E-state index is 11.5. The van der Waals surface area contributed by atoms with Gasteiger partial charge in [0.2, 0.25) is 0 Å². The van der Waals surface area contributed by atoms with Crippen LogP contribution in [0, 0.1) is 20.2 Å². The van der Waals surface area contributed by atoms with Crippen LogP contribution in [-0.4, -0.2) is 20.9 Å². The van der Waals surface area contributed by atoms with E-state index in [1.54, 1.807) is 13.8 Å². The molecule has 0 bridgehead atoms. The average Bonchev–Trinajstić information content (AvgIpc) is 2.27. The van der Waals surface area contributed by atoms with Gasteiger partial charge in [0.1, 0.15) is 5.75 Å². The molecule has 0 spiro atoms. The number of carbonyl (C=O) groups is 1. The molecule has 20 heavy (non-hydrogen) atoms. The van der Waals surface area contributed by atoms with Crippen LogP contribution in [0.2, 0.25) is 0 Å². The standard InChI is InChI=1S/C11H10N2O7/c1-11(2)4-7(14)20-6-3-5(12(16)17)10(15)9(8(6)11)13(18)19/h3,15H,4H2,1-2H3. The normalized spacial score (nSPS) is 16.2. The summed E-state index contributed by atoms with van der Waals surface area (Å²) in [5.41, 5.74) is -2.67. The van der Waals surface area contributed by atoms with Crippen molar-refractivity contribution in [2.24, 2.45) is 0 Å². The number of esters is 1. The second-order valence-electron chi connectivity index (χ2n) is 5.01. The van der Waals surface area contributed by atoms with Crippen LogP contribution in [0.3, 0.4) is 0 Å². The molecule has 1 aromatic rings. The van der Waals surface area contributed by atoms with Crippen molar-refractivity contribution in [3.8, 4) is 11.5 Å². The number of fused-ring (bicyclic) bond motifs is 1. The molecule has 1 heterocycles. The first-order valence-electron chi connectivity index (χ1n) is 5.55. The Kier molecular flexibility index (Phi) is 2.85. The maximum atomic E-state index is 11.5. The number of hydrogen-bond donors (Lipinski definition) is 1. The van der Waals surface area contributed by atoms with E-state index in [9.17, 15) is 30.1 Å². The average molecular weight is 282 g/mol. The van der Waals surface area contributed by atoms with Crippen LogP contribution >= 0.6 is 0 Å². The topological polar surface area (TPSA) is 133 Å². The molecule has 106 valence electrons. The number of nitro benzene ring substituents is 2. The summed E-state index contributed by atoms with van der Waals surface area (Å²) in [6.45, 7) is 3.12. The van der Waals surface area contributed by atoms with Gasteiger partial charge in [-0.2, -0.15) is 0 Å². The summed E-state index contributed by atoms with van der Waals surface area (Å²) in [4.78, 5) is 31.5. The fourth-order valence-corrected chi connectivity index (χ4v) is 2.28. The molecule has 0 amide bonds. The Bertz CT molecular complexity index is 651. The third-order valence-electron chi connectivity index (χ3n) is 3.08. The fourth-order valence-electron chi connectivity index (χ4n) is 2.28. The molecular weight excluding hydrogens is 272 g/mol. The second kappa shape index (κ2) is 4.15. The molecule has 0 saturated carbocycles. The molecule has 1 aliphatic rings. The zero-order valence-electron chi connectivity index (χ0n) is 10.6. The Morgan fingerprint density at radius 3 is 2.40 bits per heavy atom. The highest BCUT2D eigenvalue weighted by molar-refractivity contribution is 5.82. The van der Waals surface area contributed by atoms with Crippen molar-refractivity contribution in [2.45, 2.75) is 25.7 Å². The van der Waals surface area contributed by atoms with E-state index >= 15 is 0 Å². The summed E-state index contributed by atoms with van der Waals surface area (Å²) in [7, 11) is 0. The molecule has 0 atom stereocenters. The molecule has 0 aromatic heterocycles. The van der Waals surface area contributed by atoms with Crippen molar-refractivity contribution >= 4 is 17.3 Å². The SMILES string of the molecule is CC1(C)CC(=O)Oc2cc([N+](=O)[O-])c(O)c([N+](=O)[O-])c21. The quantitative estimate of drug-likeness (QED) is 0.378. The molecule has 9 nitrogen and oxygen atoms in total. The number of carbonyl (C=O) groups excluding carboxylic acids is 1. The lowest BCUT2D eigenvalue weighted by Gasteiger charge is -2.30. The predicted molar refractivity (Wildman–Crippen MR) is 64.7 cm³/mol. The van der Waals surface area contributed by atoms with Gasteiger partial charge in [-0.05, 0) is 0 Å². The number of rotatable bonds is 2. The molecule has 2 rings (SSSR count). The molecule has 9 heteroatoms. The van der Waals surface area contributed by atoms with E-state index in [2.05, 4.69) is 0 Å². The minimum absolute atomic E-state index is 0.0230. The maximum Gasteiger partial charge on any atom is 0.325 e. The van der Waals surface area contributed by atoms with Gasteiger partial charge in [-0.25, -0.2) is 0 Å². The number of phenols is 1. The summed E-state index contributed by atoms with van der Waals surface area (Å²) in [6.07, 6.45) is -0.127. The zero-order chi connectivity index (χ0) is 15.2. The number of aromatic hydroxyl groups is 1. The Morgan fingerprint density at radius 2 is 1.90 bits per heavy atom. The molecule has 1 aromatic carbocycles. The summed E-state index contributed by atoms with van der Waals surface area (Å²) >= 11 is 0. The van der Waals surface area contributed by atoms with E-state index < -0.39 is 38.4 Å². The first kappa shape index (κ1) is 13.7. The van der Waals surface area contributed by atoms with E-state index in [0.29, 0.717) is 0 Å². The lowest BCUT2D eigenvalue weighted by Crippen LogP contribution is -2.31. The van der Waals surface area contributed by atoms with E-state index in [-0.39, 0.29) is 17.7 Å². The molecule has 0 saturated heterocycles. The fraction of sp³-hybridized carbons (Fsp3) is 0.364. The highest BCUT2D eigenvalue weighted by Crippen LogP contribution is 2.51. The number of phenolic OH excluding ortho intramolecular Hbond substituents is 1.